The Labute approximate surface area is 51.4 Å². The first kappa shape index (κ1) is 11.0. The molecule has 0 saturated heterocycles. The minimum Gasteiger partial charge on any atom is -0.799 e. The first-order valence-corrected chi connectivity index (χ1v) is 5.09. The summed E-state index contributed by atoms with van der Waals surface area (Å²) in [4.78, 5) is 10.0. The largest absolute Gasteiger partial charge is 0.799 e. The van der Waals surface area contributed by atoms with E-state index in [0.717, 1.165) is 0 Å². The van der Waals surface area contributed by atoms with Crippen molar-refractivity contribution in [2.75, 3.05) is 12.8 Å². The summed E-state index contributed by atoms with van der Waals surface area (Å²) in [6.45, 7) is 6.88. The van der Waals surface area contributed by atoms with Crippen molar-refractivity contribution < 1.29 is 9.46 Å². The summed E-state index contributed by atoms with van der Waals surface area (Å²) in [5.41, 5.74) is 0. The molecule has 0 bridgehead atoms. The van der Waals surface area contributed by atoms with E-state index < -0.39 is 7.37 Å². The lowest BCUT2D eigenvalue weighted by Crippen LogP contribution is -1.98. The van der Waals surface area contributed by atoms with Crippen LogP contribution in [-0.2, 0) is 4.57 Å². The quantitative estimate of drug-likeness (QED) is 0.511. The zero-order valence-electron chi connectivity index (χ0n) is 5.97. The van der Waals surface area contributed by atoms with E-state index >= 15 is 0 Å². The van der Waals surface area contributed by atoms with Gasteiger partial charge in [-0.3, -0.25) is 0 Å². The maximum absolute atomic E-state index is 10.0. The molecule has 0 rings (SSSR count). The van der Waals surface area contributed by atoms with Crippen molar-refractivity contribution in [2.24, 2.45) is 0 Å². The minimum atomic E-state index is -2.90. The van der Waals surface area contributed by atoms with Gasteiger partial charge in [0.25, 0.3) is 0 Å². The van der Waals surface area contributed by atoms with E-state index in [1.54, 1.807) is 6.92 Å². The van der Waals surface area contributed by atoms with Crippen molar-refractivity contribution in [3.8, 4) is 0 Å². The monoisotopic (exact) mass is 137 g/mol. The molecule has 1 atom stereocenters. The zero-order valence-corrected chi connectivity index (χ0v) is 6.87. The predicted molar refractivity (Wildman–Crippen MR) is 35.4 cm³/mol. The molecule has 1 unspecified atom stereocenters. The molecule has 0 aliphatic rings. The lowest BCUT2D eigenvalue weighted by molar-refractivity contribution is -0.173. The molecule has 0 aliphatic heterocycles. The molecule has 0 aliphatic carbocycles. The van der Waals surface area contributed by atoms with E-state index in [4.69, 9.17) is 0 Å². The van der Waals surface area contributed by atoms with Crippen LogP contribution < -0.4 is 4.89 Å². The molecule has 2 nitrogen and oxygen atoms in total. The smallest absolute Gasteiger partial charge is 0.0115 e. The zero-order chi connectivity index (χ0) is 7.21. The maximum atomic E-state index is 10.0. The first-order chi connectivity index (χ1) is 3.56. The van der Waals surface area contributed by atoms with Gasteiger partial charge >= 0.3 is 0 Å². The molecule has 0 aromatic heterocycles. The van der Waals surface area contributed by atoms with Gasteiger partial charge in [-0.2, -0.15) is 0 Å². The summed E-state index contributed by atoms with van der Waals surface area (Å²) >= 11 is 0. The second-order valence-electron chi connectivity index (χ2n) is 1.33. The molecule has 0 heterocycles. The molecule has 0 fully saturated rings. The van der Waals surface area contributed by atoms with Gasteiger partial charge in [0.2, 0.25) is 0 Å². The fourth-order valence-corrected chi connectivity index (χ4v) is 0. The molecule has 52 valence electrons. The second kappa shape index (κ2) is 5.33. The normalized spacial score (nSPS) is 15.6. The molecular formula is C5H14O2P-. The van der Waals surface area contributed by atoms with E-state index in [1.807, 2.05) is 13.8 Å². The third-order valence-electron chi connectivity index (χ3n) is 0.574. The third kappa shape index (κ3) is 16.4. The van der Waals surface area contributed by atoms with Crippen LogP contribution in [0.15, 0.2) is 0 Å². The van der Waals surface area contributed by atoms with Gasteiger partial charge in [0.15, 0.2) is 0 Å². The van der Waals surface area contributed by atoms with E-state index in [0.29, 0.717) is 0 Å². The molecule has 8 heavy (non-hydrogen) atoms. The van der Waals surface area contributed by atoms with Gasteiger partial charge in [-0.05, 0) is 12.8 Å². The third-order valence-corrected chi connectivity index (χ3v) is 1.72. The highest BCUT2D eigenvalue weighted by Gasteiger charge is 1.87. The Bertz CT molecular complexity index is 74.5. The van der Waals surface area contributed by atoms with E-state index in [1.165, 1.54) is 6.66 Å². The molecule has 0 radical (unpaired) electrons. The van der Waals surface area contributed by atoms with Crippen molar-refractivity contribution in [1.29, 1.82) is 0 Å². The number of hydrogen-bond acceptors (Lipinski definition) is 2. The van der Waals surface area contributed by atoms with Gasteiger partial charge in [-0.15, -0.1) is 0 Å². The first-order valence-electron chi connectivity index (χ1n) is 2.84. The molecule has 0 saturated carbocycles. The molecular weight excluding hydrogens is 123 g/mol. The average Bonchev–Trinajstić information content (AvgIpc) is 1.71. The standard InChI is InChI=1S/C3H9O2P.C2H6/c1-3-6(2,4)5;1-2/h3H2,1-2H3,(H,4,5);1-2H3/p-1. The van der Waals surface area contributed by atoms with Gasteiger partial charge in [0.05, 0.1) is 0 Å². The van der Waals surface area contributed by atoms with Gasteiger partial charge < -0.3 is 9.46 Å². The average molecular weight is 137 g/mol. The summed E-state index contributed by atoms with van der Waals surface area (Å²) < 4.78 is 10.0. The van der Waals surface area contributed by atoms with Crippen molar-refractivity contribution in [1.82, 2.24) is 0 Å². The summed E-state index contributed by atoms with van der Waals surface area (Å²) in [6.07, 6.45) is 0.271. The van der Waals surface area contributed by atoms with Crippen LogP contribution in [0.4, 0.5) is 0 Å². The van der Waals surface area contributed by atoms with Crippen molar-refractivity contribution >= 4 is 7.37 Å². The second-order valence-corrected chi connectivity index (χ2v) is 3.99. The Morgan fingerprint density at radius 1 is 1.50 bits per heavy atom. The van der Waals surface area contributed by atoms with Crippen LogP contribution in [0.3, 0.4) is 0 Å². The van der Waals surface area contributed by atoms with E-state index in [-0.39, 0.29) is 6.16 Å². The van der Waals surface area contributed by atoms with Crippen molar-refractivity contribution in [2.45, 2.75) is 20.8 Å². The number of rotatable bonds is 1. The Balaban J connectivity index is 0. The minimum absolute atomic E-state index is 0.271. The lowest BCUT2D eigenvalue weighted by atomic mass is 11.0. The van der Waals surface area contributed by atoms with Crippen LogP contribution >= 0.6 is 7.37 Å². The number of hydrogen-bond donors (Lipinski definition) is 0. The molecule has 0 N–H and O–H groups in total. The summed E-state index contributed by atoms with van der Waals surface area (Å²) in [5, 5.41) is 0. The fourth-order valence-electron chi connectivity index (χ4n) is 0. The molecule has 0 aromatic rings. The molecule has 0 aromatic carbocycles. The summed E-state index contributed by atoms with van der Waals surface area (Å²) in [6, 6.07) is 0. The Morgan fingerprint density at radius 2 is 1.62 bits per heavy atom. The molecule has 0 amide bonds. The van der Waals surface area contributed by atoms with Crippen molar-refractivity contribution in [3.63, 3.8) is 0 Å². The highest BCUT2D eigenvalue weighted by Crippen LogP contribution is 2.27. The van der Waals surface area contributed by atoms with Crippen molar-refractivity contribution in [3.05, 3.63) is 0 Å². The Hall–Kier alpha value is 0.190. The highest BCUT2D eigenvalue weighted by atomic mass is 31.2. The fraction of sp³-hybridized carbons (Fsp3) is 1.00. The predicted octanol–water partition coefficient (Wildman–Crippen LogP) is 1.30. The van der Waals surface area contributed by atoms with Crippen LogP contribution in [0.1, 0.15) is 20.8 Å². The topological polar surface area (TPSA) is 40.1 Å². The van der Waals surface area contributed by atoms with E-state index in [2.05, 4.69) is 0 Å². The maximum Gasteiger partial charge on any atom is 0.0115 e. The van der Waals surface area contributed by atoms with Gasteiger partial charge in [0, 0.05) is 7.37 Å². The van der Waals surface area contributed by atoms with E-state index in [9.17, 15) is 9.46 Å². The van der Waals surface area contributed by atoms with Crippen LogP contribution in [0, 0.1) is 0 Å². The van der Waals surface area contributed by atoms with Gasteiger partial charge in [0.1, 0.15) is 0 Å². The highest BCUT2D eigenvalue weighted by molar-refractivity contribution is 7.55. The summed E-state index contributed by atoms with van der Waals surface area (Å²) in [5.74, 6) is 0. The van der Waals surface area contributed by atoms with Crippen LogP contribution in [0.2, 0.25) is 0 Å². The van der Waals surface area contributed by atoms with Crippen LogP contribution in [-0.4, -0.2) is 12.8 Å². The summed E-state index contributed by atoms with van der Waals surface area (Å²) in [7, 11) is -2.90. The molecule has 0 spiro atoms. The lowest BCUT2D eigenvalue weighted by Gasteiger charge is -2.12. The SMILES string of the molecule is CC.CCP(C)(=O)[O-]. The molecule has 3 heteroatoms. The Kier molecular flexibility index (Phi) is 7.36. The van der Waals surface area contributed by atoms with Crippen LogP contribution in [0.5, 0.6) is 0 Å². The van der Waals surface area contributed by atoms with Crippen LogP contribution in [0.25, 0.3) is 0 Å². The van der Waals surface area contributed by atoms with Gasteiger partial charge in [-0.25, -0.2) is 0 Å². The van der Waals surface area contributed by atoms with Gasteiger partial charge in [-0.1, -0.05) is 20.8 Å². The Morgan fingerprint density at radius 3 is 1.62 bits per heavy atom.